The number of urea groups is 1. The van der Waals surface area contributed by atoms with E-state index in [2.05, 4.69) is 28.3 Å². The maximum Gasteiger partial charge on any atom is 0.318 e. The zero-order valence-corrected chi connectivity index (χ0v) is 13.2. The van der Waals surface area contributed by atoms with Crippen molar-refractivity contribution < 1.29 is 4.79 Å². The second-order valence-corrected chi connectivity index (χ2v) is 6.12. The largest absolute Gasteiger partial charge is 0.332 e. The molecule has 0 unspecified atom stereocenters. The molecule has 1 N–H and O–H groups in total. The fourth-order valence-corrected chi connectivity index (χ4v) is 3.25. The molecule has 0 saturated carbocycles. The number of likely N-dealkylation sites (tertiary alicyclic amines) is 1. The smallest absolute Gasteiger partial charge is 0.318 e. The average Bonchev–Trinajstić information content (AvgIpc) is 3.04. The molecular weight excluding hydrogens is 276 g/mol. The number of pyridine rings is 1. The van der Waals surface area contributed by atoms with Crippen molar-refractivity contribution in [1.82, 2.24) is 20.1 Å². The van der Waals surface area contributed by atoms with Crippen LogP contribution in [0.5, 0.6) is 0 Å². The summed E-state index contributed by atoms with van der Waals surface area (Å²) in [6, 6.07) is 6.08. The second kappa shape index (κ2) is 6.92. The van der Waals surface area contributed by atoms with E-state index >= 15 is 0 Å². The fraction of sp³-hybridized carbons (Fsp3) is 0.529. The van der Waals surface area contributed by atoms with Gasteiger partial charge in [0.15, 0.2) is 0 Å². The van der Waals surface area contributed by atoms with Crippen LogP contribution in [0, 0.1) is 0 Å². The highest BCUT2D eigenvalue weighted by molar-refractivity contribution is 5.75. The van der Waals surface area contributed by atoms with Crippen molar-refractivity contribution in [3.8, 4) is 0 Å². The number of rotatable bonds is 3. The Morgan fingerprint density at radius 1 is 1.41 bits per heavy atom. The molecule has 118 valence electrons. The van der Waals surface area contributed by atoms with Crippen LogP contribution in [0.2, 0.25) is 0 Å². The van der Waals surface area contributed by atoms with E-state index in [0.29, 0.717) is 6.54 Å². The second-order valence-electron chi connectivity index (χ2n) is 6.12. The Morgan fingerprint density at radius 3 is 3.05 bits per heavy atom. The Morgan fingerprint density at radius 2 is 2.32 bits per heavy atom. The lowest BCUT2D eigenvalue weighted by Crippen LogP contribution is -2.44. The molecule has 3 heterocycles. The van der Waals surface area contributed by atoms with Gasteiger partial charge in [0.1, 0.15) is 0 Å². The predicted molar refractivity (Wildman–Crippen MR) is 86.4 cm³/mol. The highest BCUT2D eigenvalue weighted by atomic mass is 16.2. The number of aromatic nitrogens is 1. The van der Waals surface area contributed by atoms with Gasteiger partial charge in [0.25, 0.3) is 0 Å². The molecule has 1 fully saturated rings. The van der Waals surface area contributed by atoms with Crippen molar-refractivity contribution in [2.75, 3.05) is 26.7 Å². The quantitative estimate of drug-likeness (QED) is 0.869. The van der Waals surface area contributed by atoms with Gasteiger partial charge in [-0.2, -0.15) is 0 Å². The normalized spacial score (nSPS) is 22.5. The lowest BCUT2D eigenvalue weighted by Gasteiger charge is -2.31. The van der Waals surface area contributed by atoms with Gasteiger partial charge in [-0.25, -0.2) is 4.79 Å². The molecule has 2 amide bonds. The maximum absolute atomic E-state index is 12.5. The van der Waals surface area contributed by atoms with E-state index in [0.717, 1.165) is 44.6 Å². The molecule has 2 aliphatic rings. The summed E-state index contributed by atoms with van der Waals surface area (Å²) in [5, 5.41) is 3.01. The lowest BCUT2D eigenvalue weighted by atomic mass is 9.98. The van der Waals surface area contributed by atoms with E-state index in [-0.39, 0.29) is 12.1 Å². The molecule has 1 aromatic heterocycles. The Bertz CT molecular complexity index is 543. The topological polar surface area (TPSA) is 48.5 Å². The summed E-state index contributed by atoms with van der Waals surface area (Å²) in [6.45, 7) is 3.43. The van der Waals surface area contributed by atoms with Gasteiger partial charge in [0.05, 0.1) is 18.3 Å². The summed E-state index contributed by atoms with van der Waals surface area (Å²) in [6.07, 6.45) is 7.31. The van der Waals surface area contributed by atoms with Crippen LogP contribution < -0.4 is 5.32 Å². The molecule has 3 rings (SSSR count). The van der Waals surface area contributed by atoms with Gasteiger partial charge < -0.3 is 15.1 Å². The molecule has 0 bridgehead atoms. The van der Waals surface area contributed by atoms with Gasteiger partial charge in [-0.15, -0.1) is 0 Å². The summed E-state index contributed by atoms with van der Waals surface area (Å²) in [7, 11) is 2.14. The molecule has 5 heteroatoms. The monoisotopic (exact) mass is 300 g/mol. The molecule has 0 aliphatic carbocycles. The highest BCUT2D eigenvalue weighted by Gasteiger charge is 2.31. The standard InChI is InChI=1S/C17H24N4O/c1-20-11-7-14(8-12-20)16-6-4-10-21(16)17(22)19-13-15-5-2-3-9-18-15/h2-3,5,7,9,16H,4,6,8,10-13H2,1H3,(H,19,22)/t16-/m0/s1. The Labute approximate surface area is 132 Å². The first-order valence-electron chi connectivity index (χ1n) is 8.06. The molecule has 0 spiro atoms. The highest BCUT2D eigenvalue weighted by Crippen LogP contribution is 2.27. The van der Waals surface area contributed by atoms with Crippen molar-refractivity contribution >= 4 is 6.03 Å². The van der Waals surface area contributed by atoms with E-state index in [9.17, 15) is 4.79 Å². The minimum Gasteiger partial charge on any atom is -0.332 e. The van der Waals surface area contributed by atoms with E-state index in [4.69, 9.17) is 0 Å². The first-order chi connectivity index (χ1) is 10.7. The van der Waals surface area contributed by atoms with E-state index < -0.39 is 0 Å². The fourth-order valence-electron chi connectivity index (χ4n) is 3.25. The molecule has 1 aromatic rings. The summed E-state index contributed by atoms with van der Waals surface area (Å²) < 4.78 is 0. The number of nitrogens with one attached hydrogen (secondary N) is 1. The molecule has 1 saturated heterocycles. The van der Waals surface area contributed by atoms with Crippen LogP contribution in [0.4, 0.5) is 4.79 Å². The number of likely N-dealkylation sites (N-methyl/N-ethyl adjacent to an activating group) is 1. The molecule has 0 radical (unpaired) electrons. The molecule has 0 aromatic carbocycles. The number of hydrogen-bond donors (Lipinski definition) is 1. The molecule has 5 nitrogen and oxygen atoms in total. The van der Waals surface area contributed by atoms with Crippen LogP contribution in [-0.2, 0) is 6.54 Å². The van der Waals surface area contributed by atoms with E-state index in [1.807, 2.05) is 23.1 Å². The van der Waals surface area contributed by atoms with Gasteiger partial charge in [-0.1, -0.05) is 12.1 Å². The average molecular weight is 300 g/mol. The number of nitrogens with zero attached hydrogens (tertiary/aromatic N) is 3. The SMILES string of the molecule is CN1CC=C([C@@H]2CCCN2C(=O)NCc2ccccn2)CC1. The van der Waals surface area contributed by atoms with Crippen LogP contribution in [0.25, 0.3) is 0 Å². The maximum atomic E-state index is 12.5. The first kappa shape index (κ1) is 15.0. The summed E-state index contributed by atoms with van der Waals surface area (Å²) in [5.41, 5.74) is 2.33. The zero-order chi connectivity index (χ0) is 15.4. The summed E-state index contributed by atoms with van der Waals surface area (Å²) in [4.78, 5) is 21.0. The summed E-state index contributed by atoms with van der Waals surface area (Å²) >= 11 is 0. The first-order valence-corrected chi connectivity index (χ1v) is 8.06. The molecule has 1 atom stereocenters. The third-order valence-electron chi connectivity index (χ3n) is 4.54. The van der Waals surface area contributed by atoms with Crippen LogP contribution in [0.1, 0.15) is 25.0 Å². The number of hydrogen-bond acceptors (Lipinski definition) is 3. The van der Waals surface area contributed by atoms with Crippen molar-refractivity contribution in [2.24, 2.45) is 0 Å². The van der Waals surface area contributed by atoms with E-state index in [1.54, 1.807) is 6.20 Å². The third kappa shape index (κ3) is 3.47. The number of carbonyl (C=O) groups excluding carboxylic acids is 1. The van der Waals surface area contributed by atoms with Gasteiger partial charge in [0, 0.05) is 25.8 Å². The number of amides is 2. The van der Waals surface area contributed by atoms with Crippen LogP contribution >= 0.6 is 0 Å². The minimum absolute atomic E-state index is 0.0352. The molecule has 2 aliphatic heterocycles. The van der Waals surface area contributed by atoms with Gasteiger partial charge >= 0.3 is 6.03 Å². The number of carbonyl (C=O) groups is 1. The molecule has 22 heavy (non-hydrogen) atoms. The Hall–Kier alpha value is -1.88. The molecular formula is C17H24N4O. The lowest BCUT2D eigenvalue weighted by molar-refractivity contribution is 0.196. The van der Waals surface area contributed by atoms with Gasteiger partial charge in [-0.3, -0.25) is 4.98 Å². The zero-order valence-electron chi connectivity index (χ0n) is 13.2. The van der Waals surface area contributed by atoms with Crippen LogP contribution in [0.3, 0.4) is 0 Å². The van der Waals surface area contributed by atoms with Crippen molar-refractivity contribution in [3.05, 3.63) is 41.7 Å². The van der Waals surface area contributed by atoms with E-state index in [1.165, 1.54) is 5.57 Å². The Balaban J connectivity index is 1.59. The van der Waals surface area contributed by atoms with Crippen molar-refractivity contribution in [2.45, 2.75) is 31.8 Å². The third-order valence-corrected chi connectivity index (χ3v) is 4.54. The van der Waals surface area contributed by atoms with Gasteiger partial charge in [-0.05, 0) is 44.0 Å². The van der Waals surface area contributed by atoms with Crippen molar-refractivity contribution in [1.29, 1.82) is 0 Å². The van der Waals surface area contributed by atoms with Gasteiger partial charge in [0.2, 0.25) is 0 Å². The predicted octanol–water partition coefficient (Wildman–Crippen LogP) is 2.02. The minimum atomic E-state index is 0.0352. The van der Waals surface area contributed by atoms with Crippen molar-refractivity contribution in [3.63, 3.8) is 0 Å². The Kier molecular flexibility index (Phi) is 4.73. The van der Waals surface area contributed by atoms with Crippen LogP contribution in [-0.4, -0.2) is 53.5 Å². The van der Waals surface area contributed by atoms with Crippen LogP contribution in [0.15, 0.2) is 36.0 Å². The summed E-state index contributed by atoms with van der Waals surface area (Å²) in [5.74, 6) is 0.